The average Bonchev–Trinajstić information content (AvgIpc) is 3.01. The van der Waals surface area contributed by atoms with E-state index in [2.05, 4.69) is 19.9 Å². The van der Waals surface area contributed by atoms with E-state index in [0.29, 0.717) is 30.0 Å². The monoisotopic (exact) mass is 300 g/mol. The molecule has 0 spiro atoms. The summed E-state index contributed by atoms with van der Waals surface area (Å²) >= 11 is 0. The molecular formula is C14H16N6O2. The summed E-state index contributed by atoms with van der Waals surface area (Å²) in [5.74, 6) is -0.133. The van der Waals surface area contributed by atoms with E-state index in [1.165, 1.54) is 6.33 Å². The second-order valence-corrected chi connectivity index (χ2v) is 5.81. The second kappa shape index (κ2) is 4.59. The van der Waals surface area contributed by atoms with Gasteiger partial charge in [0.15, 0.2) is 17.1 Å². The van der Waals surface area contributed by atoms with Crippen LogP contribution in [0.2, 0.25) is 0 Å². The van der Waals surface area contributed by atoms with Gasteiger partial charge in [0.25, 0.3) is 0 Å². The fourth-order valence-electron chi connectivity index (χ4n) is 2.68. The number of ether oxygens (including phenoxy) is 2. The Morgan fingerprint density at radius 3 is 3.00 bits per heavy atom. The minimum atomic E-state index is -0.539. The Hall–Kier alpha value is -2.32. The highest BCUT2D eigenvalue weighted by atomic mass is 16.7. The minimum absolute atomic E-state index is 0.0274. The normalized spacial score (nSPS) is 20.9. The number of nitrogens with zero attached hydrogens (tertiary/aromatic N) is 5. The largest absolute Gasteiger partial charge is 0.383 e. The lowest BCUT2D eigenvalue weighted by atomic mass is 10.3. The Kier molecular flexibility index (Phi) is 2.78. The molecule has 8 heteroatoms. The molecule has 1 aliphatic rings. The van der Waals surface area contributed by atoms with Crippen LogP contribution in [0.25, 0.3) is 22.2 Å². The average molecular weight is 300 g/mol. The molecule has 3 aromatic rings. The van der Waals surface area contributed by atoms with Crippen molar-refractivity contribution >= 4 is 28.0 Å². The molecule has 3 aromatic heterocycles. The van der Waals surface area contributed by atoms with Gasteiger partial charge in [0.05, 0.1) is 24.9 Å². The molecule has 4 heterocycles. The molecule has 1 aliphatic heterocycles. The first-order valence-corrected chi connectivity index (χ1v) is 7.06. The van der Waals surface area contributed by atoms with Crippen molar-refractivity contribution < 1.29 is 9.47 Å². The predicted molar refractivity (Wildman–Crippen MR) is 79.9 cm³/mol. The van der Waals surface area contributed by atoms with Gasteiger partial charge in [-0.2, -0.15) is 0 Å². The Morgan fingerprint density at radius 1 is 1.36 bits per heavy atom. The van der Waals surface area contributed by atoms with Gasteiger partial charge < -0.3 is 19.8 Å². The van der Waals surface area contributed by atoms with Gasteiger partial charge in [0.1, 0.15) is 23.8 Å². The molecule has 0 bridgehead atoms. The van der Waals surface area contributed by atoms with Crippen molar-refractivity contribution in [3.05, 3.63) is 18.7 Å². The predicted octanol–water partition coefficient (Wildman–Crippen LogP) is 1.11. The molecule has 0 saturated carbocycles. The van der Waals surface area contributed by atoms with Gasteiger partial charge in [-0.15, -0.1) is 0 Å². The summed E-state index contributed by atoms with van der Waals surface area (Å²) in [6.07, 6.45) is 3.13. The topological polar surface area (TPSA) is 101 Å². The minimum Gasteiger partial charge on any atom is -0.383 e. The number of pyridine rings is 1. The number of rotatable bonds is 2. The van der Waals surface area contributed by atoms with E-state index in [9.17, 15) is 0 Å². The highest BCUT2D eigenvalue weighted by molar-refractivity contribution is 5.93. The number of nitrogen functional groups attached to an aromatic ring is 1. The van der Waals surface area contributed by atoms with E-state index >= 15 is 0 Å². The van der Waals surface area contributed by atoms with Crippen molar-refractivity contribution in [1.82, 2.24) is 24.5 Å². The van der Waals surface area contributed by atoms with Crippen molar-refractivity contribution in [3.63, 3.8) is 0 Å². The molecule has 0 aromatic carbocycles. The molecule has 2 N–H and O–H groups in total. The SMILES string of the molecule is CC1(C)OCC(Cn2cnc3cc4c(N)ncnc4nc32)O1. The van der Waals surface area contributed by atoms with E-state index in [-0.39, 0.29) is 6.10 Å². The van der Waals surface area contributed by atoms with Crippen molar-refractivity contribution in [3.8, 4) is 0 Å². The number of hydrogen-bond acceptors (Lipinski definition) is 7. The first-order valence-electron chi connectivity index (χ1n) is 7.06. The van der Waals surface area contributed by atoms with E-state index in [0.717, 1.165) is 11.2 Å². The van der Waals surface area contributed by atoms with E-state index in [1.54, 1.807) is 6.33 Å². The highest BCUT2D eigenvalue weighted by Crippen LogP contribution is 2.25. The van der Waals surface area contributed by atoms with Crippen LogP contribution in [-0.2, 0) is 16.0 Å². The number of imidazole rings is 1. The van der Waals surface area contributed by atoms with Crippen LogP contribution in [0.15, 0.2) is 18.7 Å². The Morgan fingerprint density at radius 2 is 2.23 bits per heavy atom. The summed E-state index contributed by atoms with van der Waals surface area (Å²) in [5, 5.41) is 0.710. The zero-order chi connectivity index (χ0) is 15.3. The maximum Gasteiger partial charge on any atom is 0.167 e. The molecule has 1 unspecified atom stereocenters. The molecule has 22 heavy (non-hydrogen) atoms. The number of fused-ring (bicyclic) bond motifs is 2. The summed E-state index contributed by atoms with van der Waals surface area (Å²) in [4.78, 5) is 17.1. The Balaban J connectivity index is 1.73. The molecule has 1 saturated heterocycles. The number of anilines is 1. The third-order valence-corrected chi connectivity index (χ3v) is 3.69. The van der Waals surface area contributed by atoms with E-state index in [1.807, 2.05) is 24.5 Å². The summed E-state index contributed by atoms with van der Waals surface area (Å²) in [5.41, 5.74) is 7.92. The maximum absolute atomic E-state index is 5.85. The molecule has 0 amide bonds. The lowest BCUT2D eigenvalue weighted by Crippen LogP contribution is -2.24. The lowest BCUT2D eigenvalue weighted by molar-refractivity contribution is -0.139. The molecule has 0 aliphatic carbocycles. The first kappa shape index (κ1) is 13.4. The van der Waals surface area contributed by atoms with E-state index < -0.39 is 5.79 Å². The molecule has 8 nitrogen and oxygen atoms in total. The van der Waals surface area contributed by atoms with Gasteiger partial charge in [0.2, 0.25) is 0 Å². The fourth-order valence-corrected chi connectivity index (χ4v) is 2.68. The number of aromatic nitrogens is 5. The maximum atomic E-state index is 5.85. The molecular weight excluding hydrogens is 284 g/mol. The van der Waals surface area contributed by atoms with Crippen LogP contribution >= 0.6 is 0 Å². The van der Waals surface area contributed by atoms with Gasteiger partial charge in [-0.1, -0.05) is 0 Å². The van der Waals surface area contributed by atoms with Crippen molar-refractivity contribution in [2.45, 2.75) is 32.3 Å². The quantitative estimate of drug-likeness (QED) is 0.756. The molecule has 4 rings (SSSR count). The van der Waals surface area contributed by atoms with Crippen molar-refractivity contribution in [2.24, 2.45) is 0 Å². The van der Waals surface area contributed by atoms with Crippen LogP contribution in [0.1, 0.15) is 13.8 Å². The number of nitrogens with two attached hydrogens (primary N) is 1. The third kappa shape index (κ3) is 2.16. The van der Waals surface area contributed by atoms with Crippen LogP contribution in [0.5, 0.6) is 0 Å². The summed E-state index contributed by atoms with van der Waals surface area (Å²) in [7, 11) is 0. The Bertz CT molecular complexity index is 859. The molecule has 114 valence electrons. The van der Waals surface area contributed by atoms with Crippen LogP contribution in [0.4, 0.5) is 5.82 Å². The molecule has 0 radical (unpaired) electrons. The van der Waals surface area contributed by atoms with Crippen LogP contribution in [0, 0.1) is 0 Å². The zero-order valence-corrected chi connectivity index (χ0v) is 12.4. The van der Waals surface area contributed by atoms with Gasteiger partial charge in [-0.05, 0) is 19.9 Å². The van der Waals surface area contributed by atoms with Crippen LogP contribution in [0.3, 0.4) is 0 Å². The fraction of sp³-hybridized carbons (Fsp3) is 0.429. The van der Waals surface area contributed by atoms with Crippen LogP contribution in [-0.4, -0.2) is 43.0 Å². The number of hydrogen-bond donors (Lipinski definition) is 1. The van der Waals surface area contributed by atoms with Gasteiger partial charge >= 0.3 is 0 Å². The van der Waals surface area contributed by atoms with Crippen molar-refractivity contribution in [2.75, 3.05) is 12.3 Å². The van der Waals surface area contributed by atoms with Gasteiger partial charge in [0, 0.05) is 0 Å². The zero-order valence-electron chi connectivity index (χ0n) is 12.4. The summed E-state index contributed by atoms with van der Waals surface area (Å²) in [6.45, 7) is 4.99. The van der Waals surface area contributed by atoms with Gasteiger partial charge in [-0.3, -0.25) is 0 Å². The lowest BCUT2D eigenvalue weighted by Gasteiger charge is -2.17. The van der Waals surface area contributed by atoms with Gasteiger partial charge in [-0.25, -0.2) is 19.9 Å². The second-order valence-electron chi connectivity index (χ2n) is 5.81. The van der Waals surface area contributed by atoms with Crippen LogP contribution < -0.4 is 5.73 Å². The van der Waals surface area contributed by atoms with E-state index in [4.69, 9.17) is 15.2 Å². The smallest absolute Gasteiger partial charge is 0.167 e. The third-order valence-electron chi connectivity index (χ3n) is 3.69. The Labute approximate surface area is 126 Å². The summed E-state index contributed by atoms with van der Waals surface area (Å²) in [6, 6.07) is 1.86. The highest BCUT2D eigenvalue weighted by Gasteiger charge is 2.33. The first-order chi connectivity index (χ1) is 10.5. The molecule has 1 fully saturated rings. The standard InChI is InChI=1S/C14H16N6O2/c1-14(2)21-5-8(22-14)4-20-7-18-10-3-9-11(15)16-6-17-12(9)19-13(10)20/h3,6-8H,4-5H2,1-2H3,(H2,15,16,17,19). The van der Waals surface area contributed by atoms with Crippen molar-refractivity contribution in [1.29, 1.82) is 0 Å². The molecule has 1 atom stereocenters. The summed E-state index contributed by atoms with van der Waals surface area (Å²) < 4.78 is 13.4.